The van der Waals surface area contributed by atoms with Crippen LogP contribution in [-0.2, 0) is 4.79 Å². The summed E-state index contributed by atoms with van der Waals surface area (Å²) in [4.78, 5) is 11.6. The van der Waals surface area contributed by atoms with E-state index in [9.17, 15) is 15.0 Å². The summed E-state index contributed by atoms with van der Waals surface area (Å²) in [6.07, 6.45) is 29.9. The van der Waals surface area contributed by atoms with Crippen molar-refractivity contribution in [2.45, 2.75) is 180 Å². The fourth-order valence-electron chi connectivity index (χ4n) is 4.76. The first-order valence-electron chi connectivity index (χ1n) is 15.2. The highest BCUT2D eigenvalue weighted by molar-refractivity contribution is 5.76. The molecule has 0 radical (unpaired) electrons. The molecular formula is C30H61NO3. The van der Waals surface area contributed by atoms with Crippen LogP contribution in [-0.4, -0.2) is 34.9 Å². The lowest BCUT2D eigenvalue weighted by atomic mass is 10.0. The van der Waals surface area contributed by atoms with Crippen molar-refractivity contribution in [3.63, 3.8) is 0 Å². The fourth-order valence-corrected chi connectivity index (χ4v) is 4.76. The number of rotatable bonds is 27. The minimum Gasteiger partial charge on any atom is -0.394 e. The predicted molar refractivity (Wildman–Crippen MR) is 147 cm³/mol. The monoisotopic (exact) mass is 483 g/mol. The van der Waals surface area contributed by atoms with Crippen LogP contribution in [0.5, 0.6) is 0 Å². The van der Waals surface area contributed by atoms with Gasteiger partial charge in [0.25, 0.3) is 0 Å². The molecule has 0 saturated carbocycles. The molecule has 0 aromatic carbocycles. The zero-order valence-electron chi connectivity index (χ0n) is 23.1. The molecule has 2 atom stereocenters. The summed E-state index contributed by atoms with van der Waals surface area (Å²) >= 11 is 0. The Morgan fingerprint density at radius 3 is 1.26 bits per heavy atom. The van der Waals surface area contributed by atoms with Crippen LogP contribution in [0.1, 0.15) is 168 Å². The zero-order chi connectivity index (χ0) is 25.1. The Balaban J connectivity index is 3.30. The maximum Gasteiger partial charge on any atom is 0.220 e. The van der Waals surface area contributed by atoms with Gasteiger partial charge in [-0.05, 0) is 12.8 Å². The summed E-state index contributed by atoms with van der Waals surface area (Å²) < 4.78 is 0. The summed E-state index contributed by atoms with van der Waals surface area (Å²) in [6, 6.07) is -0.524. The first-order chi connectivity index (χ1) is 16.7. The molecule has 2 unspecified atom stereocenters. The minimum atomic E-state index is -0.647. The number of carbonyl (C=O) groups is 1. The average molecular weight is 484 g/mol. The van der Waals surface area contributed by atoms with Crippen LogP contribution in [0, 0.1) is 0 Å². The van der Waals surface area contributed by atoms with Gasteiger partial charge in [0.15, 0.2) is 0 Å². The van der Waals surface area contributed by atoms with Crippen molar-refractivity contribution in [2.24, 2.45) is 0 Å². The molecule has 0 spiro atoms. The first-order valence-corrected chi connectivity index (χ1v) is 15.2. The van der Waals surface area contributed by atoms with Gasteiger partial charge in [-0.15, -0.1) is 0 Å². The van der Waals surface area contributed by atoms with Crippen LogP contribution >= 0.6 is 0 Å². The number of aliphatic hydroxyl groups is 2. The Hall–Kier alpha value is -0.610. The second-order valence-electron chi connectivity index (χ2n) is 10.5. The number of unbranched alkanes of at least 4 members (excludes halogenated alkanes) is 20. The van der Waals surface area contributed by atoms with E-state index in [0.717, 1.165) is 19.3 Å². The van der Waals surface area contributed by atoms with Gasteiger partial charge in [0.1, 0.15) is 0 Å². The van der Waals surface area contributed by atoms with Gasteiger partial charge in [0, 0.05) is 6.42 Å². The van der Waals surface area contributed by atoms with E-state index >= 15 is 0 Å². The predicted octanol–water partition coefficient (Wildman–Crippen LogP) is 8.23. The van der Waals surface area contributed by atoms with Gasteiger partial charge in [-0.2, -0.15) is 0 Å². The second-order valence-corrected chi connectivity index (χ2v) is 10.5. The van der Waals surface area contributed by atoms with Gasteiger partial charge in [0.2, 0.25) is 5.91 Å². The van der Waals surface area contributed by atoms with Crippen molar-refractivity contribution in [3.05, 3.63) is 0 Å². The molecule has 4 nitrogen and oxygen atoms in total. The highest BCUT2D eigenvalue weighted by Gasteiger charge is 2.19. The van der Waals surface area contributed by atoms with E-state index in [1.54, 1.807) is 0 Å². The van der Waals surface area contributed by atoms with Gasteiger partial charge in [-0.3, -0.25) is 4.79 Å². The topological polar surface area (TPSA) is 69.6 Å². The summed E-state index contributed by atoms with van der Waals surface area (Å²) in [5, 5.41) is 22.4. The number of hydrogen-bond donors (Lipinski definition) is 3. The van der Waals surface area contributed by atoms with E-state index in [1.807, 2.05) is 6.92 Å². The molecule has 4 heteroatoms. The lowest BCUT2D eigenvalue weighted by Crippen LogP contribution is -2.45. The molecule has 34 heavy (non-hydrogen) atoms. The van der Waals surface area contributed by atoms with Crippen LogP contribution in [0.25, 0.3) is 0 Å². The van der Waals surface area contributed by atoms with Crippen LogP contribution in [0.3, 0.4) is 0 Å². The number of amides is 1. The first kappa shape index (κ1) is 33.4. The number of carbonyl (C=O) groups excluding carboxylic acids is 1. The van der Waals surface area contributed by atoms with E-state index in [2.05, 4.69) is 12.2 Å². The van der Waals surface area contributed by atoms with Crippen molar-refractivity contribution in [2.75, 3.05) is 6.61 Å². The molecule has 0 saturated heterocycles. The third-order valence-corrected chi connectivity index (χ3v) is 7.09. The van der Waals surface area contributed by atoms with Gasteiger partial charge >= 0.3 is 0 Å². The lowest BCUT2D eigenvalue weighted by molar-refractivity contribution is -0.123. The third-order valence-electron chi connectivity index (χ3n) is 7.09. The molecular weight excluding hydrogens is 422 g/mol. The van der Waals surface area contributed by atoms with Crippen molar-refractivity contribution in [3.8, 4) is 0 Å². The summed E-state index contributed by atoms with van der Waals surface area (Å²) in [5.41, 5.74) is 0. The van der Waals surface area contributed by atoms with Gasteiger partial charge in [-0.1, -0.05) is 149 Å². The molecule has 0 heterocycles. The van der Waals surface area contributed by atoms with Gasteiger partial charge < -0.3 is 15.5 Å². The molecule has 204 valence electrons. The minimum absolute atomic E-state index is 0.0839. The van der Waals surface area contributed by atoms with Crippen molar-refractivity contribution < 1.29 is 15.0 Å². The molecule has 0 aromatic heterocycles. The quantitative estimate of drug-likeness (QED) is 0.103. The second kappa shape index (κ2) is 27.0. The number of aliphatic hydroxyl groups excluding tert-OH is 2. The van der Waals surface area contributed by atoms with E-state index in [0.29, 0.717) is 12.8 Å². The SMILES string of the molecule is CCCCCCCCCCCCCCCCCCCCCCCC(O)C(CO)NC(=O)CCC. The summed E-state index contributed by atoms with van der Waals surface area (Å²) in [6.45, 7) is 4.04. The van der Waals surface area contributed by atoms with Crippen LogP contribution in [0.2, 0.25) is 0 Å². The highest BCUT2D eigenvalue weighted by atomic mass is 16.3. The van der Waals surface area contributed by atoms with Gasteiger partial charge in [-0.25, -0.2) is 0 Å². The Kier molecular flexibility index (Phi) is 26.5. The Labute approximate surface area is 213 Å². The Morgan fingerprint density at radius 2 is 0.941 bits per heavy atom. The van der Waals surface area contributed by atoms with Crippen LogP contribution in [0.4, 0.5) is 0 Å². The van der Waals surface area contributed by atoms with Crippen molar-refractivity contribution in [1.82, 2.24) is 5.32 Å². The molecule has 3 N–H and O–H groups in total. The van der Waals surface area contributed by atoms with Crippen molar-refractivity contribution >= 4 is 5.91 Å². The van der Waals surface area contributed by atoms with Crippen molar-refractivity contribution in [1.29, 1.82) is 0 Å². The standard InChI is InChI=1S/C30H61NO3/c1-3-5-6-7-8-9-10-11-12-13-14-15-16-17-18-19-20-21-22-23-24-26-29(33)28(27-32)31-30(34)25-4-2/h28-29,32-33H,3-27H2,1-2H3,(H,31,34). The fraction of sp³-hybridized carbons (Fsp3) is 0.967. The molecule has 1 amide bonds. The Morgan fingerprint density at radius 1 is 0.588 bits per heavy atom. The van der Waals surface area contributed by atoms with E-state index < -0.39 is 12.1 Å². The average Bonchev–Trinajstić information content (AvgIpc) is 2.83. The molecule has 0 aromatic rings. The maximum atomic E-state index is 11.6. The molecule has 0 rings (SSSR count). The number of nitrogens with one attached hydrogen (secondary N) is 1. The van der Waals surface area contributed by atoms with E-state index in [-0.39, 0.29) is 12.5 Å². The molecule has 0 aliphatic rings. The van der Waals surface area contributed by atoms with Crippen LogP contribution in [0.15, 0.2) is 0 Å². The van der Waals surface area contributed by atoms with E-state index in [1.165, 1.54) is 122 Å². The molecule has 0 bridgehead atoms. The number of hydrogen-bond acceptors (Lipinski definition) is 3. The molecule has 0 aliphatic carbocycles. The summed E-state index contributed by atoms with van der Waals surface area (Å²) in [5.74, 6) is -0.0839. The molecule has 0 fully saturated rings. The van der Waals surface area contributed by atoms with Crippen LogP contribution < -0.4 is 5.32 Å². The zero-order valence-corrected chi connectivity index (χ0v) is 23.1. The molecule has 0 aliphatic heterocycles. The highest BCUT2D eigenvalue weighted by Crippen LogP contribution is 2.15. The Bertz CT molecular complexity index is 416. The normalized spacial score (nSPS) is 13.2. The van der Waals surface area contributed by atoms with E-state index in [4.69, 9.17) is 0 Å². The third kappa shape index (κ3) is 23.1. The smallest absolute Gasteiger partial charge is 0.220 e. The maximum absolute atomic E-state index is 11.6. The largest absolute Gasteiger partial charge is 0.394 e. The van der Waals surface area contributed by atoms with Gasteiger partial charge in [0.05, 0.1) is 18.8 Å². The summed E-state index contributed by atoms with van der Waals surface area (Å²) in [7, 11) is 0. The lowest BCUT2D eigenvalue weighted by Gasteiger charge is -2.22.